The van der Waals surface area contributed by atoms with Crippen LogP contribution in [0.4, 0.5) is 10.1 Å². The van der Waals surface area contributed by atoms with Crippen LogP contribution < -0.4 is 11.1 Å². The highest BCUT2D eigenvalue weighted by Gasteiger charge is 2.12. The Balaban J connectivity index is 2.73. The van der Waals surface area contributed by atoms with Crippen molar-refractivity contribution < 1.29 is 9.18 Å². The molecule has 1 rings (SSSR count). The lowest BCUT2D eigenvalue weighted by atomic mass is 10.1. The Morgan fingerprint density at radius 1 is 1.50 bits per heavy atom. The van der Waals surface area contributed by atoms with Gasteiger partial charge in [-0.1, -0.05) is 0 Å². The van der Waals surface area contributed by atoms with Crippen molar-refractivity contribution in [1.29, 1.82) is 0 Å². The maximum Gasteiger partial charge on any atom is 0.251 e. The second-order valence-corrected chi connectivity index (χ2v) is 4.69. The lowest BCUT2D eigenvalue weighted by molar-refractivity contribution is 0.0943. The minimum Gasteiger partial charge on any atom is -0.398 e. The van der Waals surface area contributed by atoms with Gasteiger partial charge in [0.05, 0.1) is 0 Å². The van der Waals surface area contributed by atoms with E-state index < -0.39 is 5.82 Å². The van der Waals surface area contributed by atoms with Gasteiger partial charge >= 0.3 is 0 Å². The van der Waals surface area contributed by atoms with Crippen LogP contribution in [-0.2, 0) is 0 Å². The van der Waals surface area contributed by atoms with Crippen molar-refractivity contribution in [1.82, 2.24) is 10.2 Å². The molecule has 0 aliphatic carbocycles. The first kappa shape index (κ1) is 14.4. The van der Waals surface area contributed by atoms with Gasteiger partial charge in [0.25, 0.3) is 5.91 Å². The predicted molar refractivity (Wildman–Crippen MR) is 71.0 cm³/mol. The van der Waals surface area contributed by atoms with Crippen LogP contribution in [0.15, 0.2) is 12.1 Å². The summed E-state index contributed by atoms with van der Waals surface area (Å²) in [5, 5.41) is 2.75. The number of nitrogens with two attached hydrogens (primary N) is 1. The van der Waals surface area contributed by atoms with Crippen LogP contribution in [0.1, 0.15) is 22.8 Å². The Hall–Kier alpha value is -1.62. The van der Waals surface area contributed by atoms with E-state index in [1.165, 1.54) is 12.1 Å². The molecule has 100 valence electrons. The number of amides is 1. The number of benzene rings is 1. The first-order chi connectivity index (χ1) is 8.32. The summed E-state index contributed by atoms with van der Waals surface area (Å²) in [6.45, 7) is 4.08. The quantitative estimate of drug-likeness (QED) is 0.797. The molecule has 0 bridgehead atoms. The van der Waals surface area contributed by atoms with Gasteiger partial charge in [-0.3, -0.25) is 4.79 Å². The second-order valence-electron chi connectivity index (χ2n) is 4.69. The number of hydrogen-bond acceptors (Lipinski definition) is 3. The molecular weight excluding hydrogens is 233 g/mol. The number of hydrogen-bond donors (Lipinski definition) is 2. The van der Waals surface area contributed by atoms with E-state index in [0.29, 0.717) is 17.8 Å². The molecule has 0 saturated heterocycles. The third-order valence-electron chi connectivity index (χ3n) is 3.09. The molecule has 3 N–H and O–H groups in total. The van der Waals surface area contributed by atoms with Crippen LogP contribution in [0.5, 0.6) is 0 Å². The van der Waals surface area contributed by atoms with Gasteiger partial charge in [0.2, 0.25) is 0 Å². The minimum atomic E-state index is -0.458. The van der Waals surface area contributed by atoms with E-state index in [-0.39, 0.29) is 17.5 Å². The fourth-order valence-corrected chi connectivity index (χ4v) is 1.36. The Labute approximate surface area is 107 Å². The van der Waals surface area contributed by atoms with E-state index in [1.807, 2.05) is 25.9 Å². The zero-order chi connectivity index (χ0) is 13.9. The molecule has 0 aliphatic rings. The van der Waals surface area contributed by atoms with Gasteiger partial charge in [-0.05, 0) is 40.1 Å². The van der Waals surface area contributed by atoms with Crippen molar-refractivity contribution in [3.8, 4) is 0 Å². The van der Waals surface area contributed by atoms with E-state index in [2.05, 4.69) is 5.32 Å². The number of nitrogens with zero attached hydrogens (tertiary/aromatic N) is 1. The summed E-state index contributed by atoms with van der Waals surface area (Å²) in [5.41, 5.74) is 6.55. The molecular formula is C13H20FN3O. The first-order valence-electron chi connectivity index (χ1n) is 5.83. The van der Waals surface area contributed by atoms with Crippen LogP contribution in [-0.4, -0.2) is 37.5 Å². The normalized spacial score (nSPS) is 12.6. The predicted octanol–water partition coefficient (Wildman–Crippen LogP) is 1.40. The maximum atomic E-state index is 13.5. The van der Waals surface area contributed by atoms with Crippen LogP contribution in [0, 0.1) is 12.7 Å². The van der Waals surface area contributed by atoms with Crippen molar-refractivity contribution in [3.63, 3.8) is 0 Å². The number of anilines is 1. The van der Waals surface area contributed by atoms with Crippen molar-refractivity contribution in [3.05, 3.63) is 29.1 Å². The summed E-state index contributed by atoms with van der Waals surface area (Å²) in [6, 6.07) is 2.91. The van der Waals surface area contributed by atoms with Crippen LogP contribution >= 0.6 is 0 Å². The number of likely N-dealkylation sites (N-methyl/N-ethyl adjacent to an activating group) is 1. The molecule has 0 fully saturated rings. The molecule has 4 nitrogen and oxygen atoms in total. The number of nitrogens with one attached hydrogen (secondary N) is 1. The van der Waals surface area contributed by atoms with Crippen molar-refractivity contribution in [2.24, 2.45) is 0 Å². The molecule has 1 unspecified atom stereocenters. The van der Waals surface area contributed by atoms with Crippen molar-refractivity contribution in [2.45, 2.75) is 19.9 Å². The summed E-state index contributed by atoms with van der Waals surface area (Å²) in [5.74, 6) is -0.768. The molecule has 0 spiro atoms. The zero-order valence-electron chi connectivity index (χ0n) is 11.2. The van der Waals surface area contributed by atoms with E-state index in [4.69, 9.17) is 5.73 Å². The molecule has 0 aliphatic heterocycles. The SMILES string of the molecule is Cc1c(N)cc(C(=O)NCC(C)N(C)C)cc1F. The molecule has 0 aromatic heterocycles. The van der Waals surface area contributed by atoms with E-state index >= 15 is 0 Å². The van der Waals surface area contributed by atoms with Crippen molar-refractivity contribution >= 4 is 11.6 Å². The van der Waals surface area contributed by atoms with Gasteiger partial charge in [0.1, 0.15) is 5.82 Å². The number of carbonyl (C=O) groups is 1. The molecule has 0 radical (unpaired) electrons. The molecule has 0 heterocycles. The average molecular weight is 253 g/mol. The molecule has 1 aromatic carbocycles. The van der Waals surface area contributed by atoms with Gasteiger partial charge in [0.15, 0.2) is 0 Å². The van der Waals surface area contributed by atoms with Gasteiger partial charge in [-0.25, -0.2) is 4.39 Å². The smallest absolute Gasteiger partial charge is 0.251 e. The monoisotopic (exact) mass is 253 g/mol. The molecule has 1 atom stereocenters. The standard InChI is InChI=1S/C13H20FN3O/c1-8(17(3)4)7-16-13(18)10-5-11(14)9(2)12(15)6-10/h5-6,8H,7,15H2,1-4H3,(H,16,18). The summed E-state index contributed by atoms with van der Waals surface area (Å²) < 4.78 is 13.5. The fraction of sp³-hybridized carbons (Fsp3) is 0.462. The fourth-order valence-electron chi connectivity index (χ4n) is 1.36. The van der Waals surface area contributed by atoms with Crippen LogP contribution in [0.2, 0.25) is 0 Å². The Kier molecular flexibility index (Phi) is 4.67. The van der Waals surface area contributed by atoms with E-state index in [0.717, 1.165) is 0 Å². The Bertz CT molecular complexity index is 423. The Morgan fingerprint density at radius 3 is 2.61 bits per heavy atom. The summed E-state index contributed by atoms with van der Waals surface area (Å²) >= 11 is 0. The second kappa shape index (κ2) is 5.82. The molecule has 1 amide bonds. The largest absolute Gasteiger partial charge is 0.398 e. The number of rotatable bonds is 4. The first-order valence-corrected chi connectivity index (χ1v) is 5.83. The van der Waals surface area contributed by atoms with Crippen LogP contribution in [0.3, 0.4) is 0 Å². The maximum absolute atomic E-state index is 13.5. The molecule has 18 heavy (non-hydrogen) atoms. The Morgan fingerprint density at radius 2 is 2.11 bits per heavy atom. The summed E-state index contributed by atoms with van der Waals surface area (Å²) in [7, 11) is 3.86. The van der Waals surface area contributed by atoms with Gasteiger partial charge < -0.3 is 16.0 Å². The van der Waals surface area contributed by atoms with Crippen LogP contribution in [0.25, 0.3) is 0 Å². The lowest BCUT2D eigenvalue weighted by Crippen LogP contribution is -2.38. The third kappa shape index (κ3) is 3.43. The third-order valence-corrected chi connectivity index (χ3v) is 3.09. The summed E-state index contributed by atoms with van der Waals surface area (Å²) in [4.78, 5) is 13.8. The molecule has 1 aromatic rings. The number of carbonyl (C=O) groups excluding carboxylic acids is 1. The van der Waals surface area contributed by atoms with Gasteiger partial charge in [-0.2, -0.15) is 0 Å². The topological polar surface area (TPSA) is 58.4 Å². The molecule has 5 heteroatoms. The molecule has 0 saturated carbocycles. The highest BCUT2D eigenvalue weighted by atomic mass is 19.1. The van der Waals surface area contributed by atoms with Gasteiger partial charge in [-0.15, -0.1) is 0 Å². The van der Waals surface area contributed by atoms with Gasteiger partial charge in [0, 0.05) is 29.4 Å². The highest BCUT2D eigenvalue weighted by Crippen LogP contribution is 2.17. The minimum absolute atomic E-state index is 0.210. The number of halogens is 1. The zero-order valence-corrected chi connectivity index (χ0v) is 11.2. The lowest BCUT2D eigenvalue weighted by Gasteiger charge is -2.20. The number of nitrogen functional groups attached to an aromatic ring is 1. The highest BCUT2D eigenvalue weighted by molar-refractivity contribution is 5.95. The van der Waals surface area contributed by atoms with E-state index in [9.17, 15) is 9.18 Å². The van der Waals surface area contributed by atoms with E-state index in [1.54, 1.807) is 6.92 Å². The average Bonchev–Trinajstić information content (AvgIpc) is 2.31. The summed E-state index contributed by atoms with van der Waals surface area (Å²) in [6.07, 6.45) is 0. The van der Waals surface area contributed by atoms with Crippen molar-refractivity contribution in [2.75, 3.05) is 26.4 Å².